The number of carbonyl (C=O) groups excluding carboxylic acids is 1. The molecule has 7 heteroatoms. The van der Waals surface area contributed by atoms with Crippen molar-refractivity contribution in [3.63, 3.8) is 0 Å². The first-order valence-electron chi connectivity index (χ1n) is 5.41. The largest absolute Gasteiger partial charge is 0.446 e. The molecule has 0 fully saturated rings. The second-order valence-electron chi connectivity index (χ2n) is 4.70. The lowest BCUT2D eigenvalue weighted by Crippen LogP contribution is -2.27. The molecule has 0 heterocycles. The van der Waals surface area contributed by atoms with Crippen LogP contribution in [0.3, 0.4) is 0 Å². The molecule has 0 aromatic heterocycles. The highest BCUT2D eigenvalue weighted by molar-refractivity contribution is 8.00. The molecule has 0 saturated carbocycles. The number of amides is 1. The summed E-state index contributed by atoms with van der Waals surface area (Å²) in [6.07, 6.45) is -0.649. The van der Waals surface area contributed by atoms with Gasteiger partial charge in [0.2, 0.25) is 0 Å². The van der Waals surface area contributed by atoms with Crippen molar-refractivity contribution in [3.05, 3.63) is 24.3 Å². The van der Waals surface area contributed by atoms with Crippen LogP contribution in [0, 0.1) is 0 Å². The number of nitrogens with one attached hydrogen (secondary N) is 1. The van der Waals surface area contributed by atoms with Crippen molar-refractivity contribution in [3.8, 4) is 0 Å². The van der Waals surface area contributed by atoms with Gasteiger partial charge in [-0.3, -0.25) is 5.32 Å². The van der Waals surface area contributed by atoms with Crippen LogP contribution in [0.2, 0.25) is 0 Å². The van der Waals surface area contributed by atoms with Gasteiger partial charge in [-0.25, -0.2) is 4.79 Å². The molecule has 0 aliphatic rings. The van der Waals surface area contributed by atoms with Gasteiger partial charge < -0.3 is 4.74 Å². The maximum Gasteiger partial charge on any atom is 0.446 e. The summed E-state index contributed by atoms with van der Waals surface area (Å²) in [4.78, 5) is 11.5. The molecule has 1 aromatic rings. The SMILES string of the molecule is CC(C)(C)OC(=O)Nc1ccc(SC(F)(F)F)cc1. The lowest BCUT2D eigenvalue weighted by atomic mass is 10.2. The van der Waals surface area contributed by atoms with Crippen LogP contribution in [0.15, 0.2) is 29.2 Å². The Hall–Kier alpha value is -1.37. The smallest absolute Gasteiger partial charge is 0.444 e. The summed E-state index contributed by atoms with van der Waals surface area (Å²) in [6.45, 7) is 5.15. The zero-order chi connectivity index (χ0) is 14.7. The van der Waals surface area contributed by atoms with Crippen molar-refractivity contribution in [1.82, 2.24) is 0 Å². The molecule has 0 bridgehead atoms. The number of halogens is 3. The molecule has 0 atom stereocenters. The number of hydrogen-bond acceptors (Lipinski definition) is 3. The van der Waals surface area contributed by atoms with Gasteiger partial charge in [0.05, 0.1) is 0 Å². The molecule has 1 N–H and O–H groups in total. The predicted molar refractivity (Wildman–Crippen MR) is 68.2 cm³/mol. The van der Waals surface area contributed by atoms with Crippen LogP contribution in [0.1, 0.15) is 20.8 Å². The highest BCUT2D eigenvalue weighted by Gasteiger charge is 2.29. The predicted octanol–water partition coefficient (Wildman–Crippen LogP) is 4.65. The van der Waals surface area contributed by atoms with E-state index in [4.69, 9.17) is 4.74 Å². The van der Waals surface area contributed by atoms with E-state index in [-0.39, 0.29) is 16.7 Å². The molecule has 1 rings (SSSR count). The summed E-state index contributed by atoms with van der Waals surface area (Å²) in [7, 11) is 0. The first-order chi connectivity index (χ1) is 8.55. The average molecular weight is 293 g/mol. The number of rotatable bonds is 2. The molecule has 1 aromatic carbocycles. The van der Waals surface area contributed by atoms with Gasteiger partial charge in [-0.1, -0.05) is 0 Å². The Kier molecular flexibility index (Phi) is 4.73. The minimum Gasteiger partial charge on any atom is -0.444 e. The number of hydrogen-bond donors (Lipinski definition) is 1. The number of carbonyl (C=O) groups is 1. The van der Waals surface area contributed by atoms with Gasteiger partial charge in [0.25, 0.3) is 0 Å². The zero-order valence-electron chi connectivity index (χ0n) is 10.7. The van der Waals surface area contributed by atoms with Gasteiger partial charge in [0.15, 0.2) is 0 Å². The Morgan fingerprint density at radius 2 is 1.68 bits per heavy atom. The van der Waals surface area contributed by atoms with Gasteiger partial charge in [0.1, 0.15) is 5.60 Å². The molecule has 0 aliphatic heterocycles. The maximum atomic E-state index is 12.1. The summed E-state index contributed by atoms with van der Waals surface area (Å²) < 4.78 is 41.4. The molecule has 0 aliphatic carbocycles. The Bertz CT molecular complexity index is 438. The lowest BCUT2D eigenvalue weighted by molar-refractivity contribution is -0.0328. The monoisotopic (exact) mass is 293 g/mol. The number of benzene rings is 1. The van der Waals surface area contributed by atoms with E-state index in [1.165, 1.54) is 24.3 Å². The van der Waals surface area contributed by atoms with E-state index < -0.39 is 17.2 Å². The Morgan fingerprint density at radius 1 is 1.16 bits per heavy atom. The summed E-state index contributed by atoms with van der Waals surface area (Å²) >= 11 is -0.206. The third kappa shape index (κ3) is 6.95. The number of thioether (sulfide) groups is 1. The van der Waals surface area contributed by atoms with Crippen LogP contribution in [-0.4, -0.2) is 17.2 Å². The molecule has 0 spiro atoms. The Labute approximate surface area is 113 Å². The lowest BCUT2D eigenvalue weighted by Gasteiger charge is -2.19. The minimum absolute atomic E-state index is 0.0576. The van der Waals surface area contributed by atoms with Crippen LogP contribution in [0.5, 0.6) is 0 Å². The van der Waals surface area contributed by atoms with Crippen LogP contribution < -0.4 is 5.32 Å². The molecular weight excluding hydrogens is 279 g/mol. The first-order valence-corrected chi connectivity index (χ1v) is 6.23. The second kappa shape index (κ2) is 5.73. The molecule has 0 saturated heterocycles. The van der Waals surface area contributed by atoms with E-state index in [1.54, 1.807) is 20.8 Å². The van der Waals surface area contributed by atoms with E-state index in [2.05, 4.69) is 5.32 Å². The third-order valence-corrected chi connectivity index (χ3v) is 2.47. The molecule has 106 valence electrons. The number of anilines is 1. The standard InChI is InChI=1S/C12H14F3NO2S/c1-11(2,3)18-10(17)16-8-4-6-9(7-5-8)19-12(13,14)15/h4-7H,1-3H3,(H,16,17). The van der Waals surface area contributed by atoms with E-state index >= 15 is 0 Å². The highest BCUT2D eigenvalue weighted by Crippen LogP contribution is 2.37. The van der Waals surface area contributed by atoms with E-state index in [9.17, 15) is 18.0 Å². The van der Waals surface area contributed by atoms with Crippen molar-refractivity contribution in [2.24, 2.45) is 0 Å². The zero-order valence-corrected chi connectivity index (χ0v) is 11.5. The van der Waals surface area contributed by atoms with E-state index in [0.717, 1.165) is 0 Å². The summed E-state index contributed by atoms with van der Waals surface area (Å²) in [5, 5.41) is 2.44. The molecular formula is C12H14F3NO2S. The molecule has 19 heavy (non-hydrogen) atoms. The van der Waals surface area contributed by atoms with Crippen molar-refractivity contribution in [1.29, 1.82) is 0 Å². The van der Waals surface area contributed by atoms with Crippen molar-refractivity contribution in [2.75, 3.05) is 5.32 Å². The van der Waals surface area contributed by atoms with Gasteiger partial charge in [-0.05, 0) is 56.8 Å². The summed E-state index contributed by atoms with van der Waals surface area (Å²) in [6, 6.07) is 5.34. The fraction of sp³-hybridized carbons (Fsp3) is 0.417. The van der Waals surface area contributed by atoms with Crippen molar-refractivity contribution >= 4 is 23.5 Å². The first kappa shape index (κ1) is 15.7. The summed E-state index contributed by atoms with van der Waals surface area (Å²) in [5.74, 6) is 0. The third-order valence-electron chi connectivity index (χ3n) is 1.73. The summed E-state index contributed by atoms with van der Waals surface area (Å²) in [5.41, 5.74) is -4.57. The number of ether oxygens (including phenoxy) is 1. The molecule has 3 nitrogen and oxygen atoms in total. The average Bonchev–Trinajstić information content (AvgIpc) is 2.15. The van der Waals surface area contributed by atoms with Crippen LogP contribution in [-0.2, 0) is 4.74 Å². The Balaban J connectivity index is 2.60. The van der Waals surface area contributed by atoms with Crippen molar-refractivity contribution < 1.29 is 22.7 Å². The quantitative estimate of drug-likeness (QED) is 0.807. The fourth-order valence-electron chi connectivity index (χ4n) is 1.16. The van der Waals surface area contributed by atoms with Gasteiger partial charge in [-0.15, -0.1) is 0 Å². The topological polar surface area (TPSA) is 38.3 Å². The van der Waals surface area contributed by atoms with E-state index in [0.29, 0.717) is 5.69 Å². The number of alkyl halides is 3. The fourth-order valence-corrected chi connectivity index (χ4v) is 1.70. The van der Waals surface area contributed by atoms with Crippen LogP contribution >= 0.6 is 11.8 Å². The molecule has 0 unspecified atom stereocenters. The van der Waals surface area contributed by atoms with Crippen LogP contribution in [0.4, 0.5) is 23.7 Å². The van der Waals surface area contributed by atoms with Crippen LogP contribution in [0.25, 0.3) is 0 Å². The van der Waals surface area contributed by atoms with E-state index in [1.807, 2.05) is 0 Å². The van der Waals surface area contributed by atoms with Gasteiger partial charge >= 0.3 is 11.6 Å². The van der Waals surface area contributed by atoms with Gasteiger partial charge in [-0.2, -0.15) is 13.2 Å². The Morgan fingerprint density at radius 3 is 2.11 bits per heavy atom. The van der Waals surface area contributed by atoms with Gasteiger partial charge in [0, 0.05) is 10.6 Å². The van der Waals surface area contributed by atoms with Crippen molar-refractivity contribution in [2.45, 2.75) is 36.8 Å². The second-order valence-corrected chi connectivity index (χ2v) is 5.84. The minimum atomic E-state index is -4.32. The normalized spacial score (nSPS) is 12.1. The maximum absolute atomic E-state index is 12.1. The highest BCUT2D eigenvalue weighted by atomic mass is 32.2. The molecule has 1 amide bonds. The molecule has 0 radical (unpaired) electrons.